The third kappa shape index (κ3) is 44.8. The fourth-order valence-corrected chi connectivity index (χ4v) is 14.7. The summed E-state index contributed by atoms with van der Waals surface area (Å²) in [5, 5.41) is 121. The standard InChI is InChI=1S/C85H159NO18/c1-3-5-7-9-11-13-15-17-19-21-23-25-27-29-31-32-33-34-35-37-38-40-42-44-46-48-50-52-54-56-58-60-62-69(90)68(86-73(91)63-61-59-57-55-53-51-49-47-45-43-41-39-36-30-28-26-24-22-20-18-16-14-12-10-8-6-4-2)67-99-83-79(97)76(94)81(71(65-88)101-83)104-85-80(98)77(95)82(72(66-89)102-85)103-84-78(96)75(93)74(92)70(64-87)100-84/h22,24,52,54,60,62,68-72,74-85,87-90,92-98H,3-21,23,25-51,53,55-59,61,63-67H2,1-2H3,(H,86,91)/b24-22-,54-52+,62-60+. The van der Waals surface area contributed by atoms with Crippen LogP contribution in [0.2, 0.25) is 0 Å². The molecule has 3 heterocycles. The normalized spacial score (nSPS) is 26.0. The highest BCUT2D eigenvalue weighted by Crippen LogP contribution is 2.33. The average Bonchev–Trinajstić information content (AvgIpc) is 0.783. The maximum Gasteiger partial charge on any atom is 0.220 e. The van der Waals surface area contributed by atoms with Gasteiger partial charge in [-0.15, -0.1) is 0 Å². The minimum Gasteiger partial charge on any atom is -0.394 e. The molecule has 1 amide bonds. The number of aliphatic hydroxyl groups excluding tert-OH is 11. The van der Waals surface area contributed by atoms with Crippen LogP contribution in [0.1, 0.15) is 367 Å². The van der Waals surface area contributed by atoms with E-state index in [1.54, 1.807) is 6.08 Å². The van der Waals surface area contributed by atoms with Crippen LogP contribution in [0, 0.1) is 0 Å². The van der Waals surface area contributed by atoms with Gasteiger partial charge in [-0.1, -0.05) is 339 Å². The summed E-state index contributed by atoms with van der Waals surface area (Å²) in [5.74, 6) is -0.279. The number of nitrogens with one attached hydrogen (secondary N) is 1. The Hall–Kier alpha value is -1.99. The van der Waals surface area contributed by atoms with E-state index < -0.39 is 124 Å². The minimum absolute atomic E-state index is 0.238. The number of rotatable bonds is 70. The van der Waals surface area contributed by atoms with E-state index in [0.29, 0.717) is 12.8 Å². The average molecular weight is 1480 g/mol. The molecule has 0 aromatic rings. The Morgan fingerprint density at radius 1 is 0.337 bits per heavy atom. The molecule has 0 aliphatic carbocycles. The van der Waals surface area contributed by atoms with E-state index in [9.17, 15) is 61.0 Å². The van der Waals surface area contributed by atoms with Crippen molar-refractivity contribution in [2.45, 2.75) is 471 Å². The largest absolute Gasteiger partial charge is 0.394 e. The van der Waals surface area contributed by atoms with Crippen molar-refractivity contribution in [2.75, 3.05) is 26.4 Å². The molecule has 3 aliphatic rings. The first kappa shape index (κ1) is 96.2. The molecule has 3 saturated heterocycles. The molecule has 104 heavy (non-hydrogen) atoms. The molecule has 17 atom stereocenters. The highest BCUT2D eigenvalue weighted by molar-refractivity contribution is 5.76. The maximum absolute atomic E-state index is 13.5. The van der Waals surface area contributed by atoms with Crippen LogP contribution in [0.5, 0.6) is 0 Å². The number of carbonyl (C=O) groups excluding carboxylic acids is 1. The van der Waals surface area contributed by atoms with Crippen LogP contribution in [0.15, 0.2) is 36.5 Å². The van der Waals surface area contributed by atoms with Gasteiger partial charge >= 0.3 is 0 Å². The molecule has 3 fully saturated rings. The van der Waals surface area contributed by atoms with Crippen LogP contribution in [0.25, 0.3) is 0 Å². The molecule has 19 heteroatoms. The van der Waals surface area contributed by atoms with Gasteiger partial charge in [0.25, 0.3) is 0 Å². The molecule has 0 spiro atoms. The van der Waals surface area contributed by atoms with Gasteiger partial charge in [-0.3, -0.25) is 4.79 Å². The number of carbonyl (C=O) groups is 1. The molecule has 0 bridgehead atoms. The van der Waals surface area contributed by atoms with Crippen LogP contribution >= 0.6 is 0 Å². The zero-order chi connectivity index (χ0) is 75.3. The summed E-state index contributed by atoms with van der Waals surface area (Å²) in [6.07, 6.45) is 55.8. The first-order chi connectivity index (χ1) is 50.8. The predicted octanol–water partition coefficient (Wildman–Crippen LogP) is 15.5. The fourth-order valence-electron chi connectivity index (χ4n) is 14.7. The highest BCUT2D eigenvalue weighted by Gasteiger charge is 2.54. The lowest BCUT2D eigenvalue weighted by Gasteiger charge is -2.48. The van der Waals surface area contributed by atoms with E-state index in [4.69, 9.17) is 28.4 Å². The molecule has 0 aromatic carbocycles. The van der Waals surface area contributed by atoms with Crippen LogP contribution in [0.4, 0.5) is 0 Å². The second-order valence-electron chi connectivity index (χ2n) is 31.0. The van der Waals surface area contributed by atoms with Gasteiger partial charge in [-0.25, -0.2) is 0 Å². The first-order valence-electron chi connectivity index (χ1n) is 43.2. The van der Waals surface area contributed by atoms with Crippen molar-refractivity contribution in [1.29, 1.82) is 0 Å². The lowest BCUT2D eigenvalue weighted by atomic mass is 9.96. The van der Waals surface area contributed by atoms with Crippen molar-refractivity contribution in [3.05, 3.63) is 36.5 Å². The van der Waals surface area contributed by atoms with Crippen LogP contribution in [-0.2, 0) is 33.2 Å². The smallest absolute Gasteiger partial charge is 0.220 e. The molecule has 3 rings (SSSR count). The Balaban J connectivity index is 1.36. The van der Waals surface area contributed by atoms with Crippen LogP contribution in [-0.4, -0.2) is 193 Å². The van der Waals surface area contributed by atoms with Crippen molar-refractivity contribution in [1.82, 2.24) is 5.32 Å². The number of unbranched alkanes of at least 4 members (excludes halogenated alkanes) is 50. The van der Waals surface area contributed by atoms with Gasteiger partial charge in [0.2, 0.25) is 5.91 Å². The molecular formula is C85H159NO18. The Morgan fingerprint density at radius 2 is 0.615 bits per heavy atom. The van der Waals surface area contributed by atoms with Crippen LogP contribution < -0.4 is 5.32 Å². The van der Waals surface area contributed by atoms with E-state index in [2.05, 4.69) is 43.5 Å². The van der Waals surface area contributed by atoms with E-state index >= 15 is 0 Å². The molecule has 0 saturated carbocycles. The SMILES string of the molecule is CCCCCCCCCC/C=C\CCCCCCCCCCCCCCCCCC(=O)NC(COC1OC(CO)C(OC2OC(CO)C(OC3OC(CO)C(O)C(O)C3O)C(O)C2O)C(O)C1O)C(O)/C=C/CC/C=C/CCCCCCCCCCCCCCCCCCCCCCCCCCCC. The fraction of sp³-hybridized carbons (Fsp3) is 0.918. The van der Waals surface area contributed by atoms with E-state index in [1.807, 2.05) is 6.08 Å². The van der Waals surface area contributed by atoms with Crippen LogP contribution in [0.3, 0.4) is 0 Å². The number of aliphatic hydroxyl groups is 11. The van der Waals surface area contributed by atoms with Crippen molar-refractivity contribution in [3.63, 3.8) is 0 Å². The number of allylic oxidation sites excluding steroid dienone is 5. The number of amides is 1. The summed E-state index contributed by atoms with van der Waals surface area (Å²) in [6, 6.07) is -0.991. The first-order valence-corrected chi connectivity index (χ1v) is 43.2. The second-order valence-corrected chi connectivity index (χ2v) is 31.0. The van der Waals surface area contributed by atoms with Gasteiger partial charge in [0, 0.05) is 6.42 Å². The van der Waals surface area contributed by atoms with Crippen molar-refractivity contribution < 1.29 is 89.4 Å². The Labute approximate surface area is 631 Å². The van der Waals surface area contributed by atoms with Gasteiger partial charge in [0.05, 0.1) is 38.6 Å². The summed E-state index contributed by atoms with van der Waals surface area (Å²) < 4.78 is 34.5. The van der Waals surface area contributed by atoms with E-state index in [0.717, 1.165) is 38.5 Å². The number of ether oxygens (including phenoxy) is 6. The lowest BCUT2D eigenvalue weighted by Crippen LogP contribution is -2.66. The lowest BCUT2D eigenvalue weighted by molar-refractivity contribution is -0.379. The Morgan fingerprint density at radius 3 is 0.962 bits per heavy atom. The maximum atomic E-state index is 13.5. The zero-order valence-corrected chi connectivity index (χ0v) is 65.8. The van der Waals surface area contributed by atoms with E-state index in [1.165, 1.54) is 295 Å². The summed E-state index contributed by atoms with van der Waals surface area (Å²) in [6.45, 7) is 1.78. The third-order valence-corrected chi connectivity index (χ3v) is 21.7. The molecule has 19 nitrogen and oxygen atoms in total. The summed E-state index contributed by atoms with van der Waals surface area (Å²) in [7, 11) is 0. The van der Waals surface area contributed by atoms with Gasteiger partial charge in [-0.2, -0.15) is 0 Å². The van der Waals surface area contributed by atoms with Gasteiger partial charge < -0.3 is 89.9 Å². The topological polar surface area (TPSA) is 307 Å². The molecule has 0 radical (unpaired) electrons. The summed E-state index contributed by atoms with van der Waals surface area (Å²) in [5.41, 5.74) is 0. The quantitative estimate of drug-likeness (QED) is 0.0199. The molecule has 12 N–H and O–H groups in total. The zero-order valence-electron chi connectivity index (χ0n) is 65.8. The molecule has 3 aliphatic heterocycles. The third-order valence-electron chi connectivity index (χ3n) is 21.7. The van der Waals surface area contributed by atoms with Gasteiger partial charge in [0.15, 0.2) is 18.9 Å². The predicted molar refractivity (Wildman–Crippen MR) is 416 cm³/mol. The monoisotopic (exact) mass is 1480 g/mol. The molecular weight excluding hydrogens is 1320 g/mol. The van der Waals surface area contributed by atoms with Crippen molar-refractivity contribution in [2.24, 2.45) is 0 Å². The Kier molecular flexibility index (Phi) is 60.8. The molecule has 0 aromatic heterocycles. The van der Waals surface area contributed by atoms with E-state index in [-0.39, 0.29) is 18.9 Å². The molecule has 17 unspecified atom stereocenters. The minimum atomic E-state index is -1.98. The number of hydrogen-bond donors (Lipinski definition) is 12. The van der Waals surface area contributed by atoms with Crippen molar-refractivity contribution >= 4 is 5.91 Å². The van der Waals surface area contributed by atoms with Gasteiger partial charge in [-0.05, 0) is 57.8 Å². The summed E-state index contributed by atoms with van der Waals surface area (Å²) in [4.78, 5) is 13.5. The Bertz CT molecular complexity index is 2020. The highest BCUT2D eigenvalue weighted by atomic mass is 16.8. The van der Waals surface area contributed by atoms with Gasteiger partial charge in [0.1, 0.15) is 73.2 Å². The number of hydrogen-bond acceptors (Lipinski definition) is 18. The summed E-state index contributed by atoms with van der Waals surface area (Å²) >= 11 is 0. The molecule has 612 valence electrons. The second kappa shape index (κ2) is 65.7. The van der Waals surface area contributed by atoms with Crippen molar-refractivity contribution in [3.8, 4) is 0 Å².